The molecule has 1 amide bonds. The van der Waals surface area contributed by atoms with E-state index in [1.165, 1.54) is 12.8 Å². The number of rotatable bonds is 5. The van der Waals surface area contributed by atoms with E-state index < -0.39 is 0 Å². The van der Waals surface area contributed by atoms with Crippen LogP contribution in [0.2, 0.25) is 0 Å². The lowest BCUT2D eigenvalue weighted by Gasteiger charge is -2.29. The maximum absolute atomic E-state index is 12.8. The molecule has 4 heteroatoms. The molecule has 1 saturated heterocycles. The summed E-state index contributed by atoms with van der Waals surface area (Å²) in [7, 11) is 1.72. The molecule has 1 saturated carbocycles. The average molecular weight is 268 g/mol. The molecule has 0 bridgehead atoms. The summed E-state index contributed by atoms with van der Waals surface area (Å²) in [5.41, 5.74) is -0.248. The van der Waals surface area contributed by atoms with Crippen molar-refractivity contribution in [1.29, 1.82) is 0 Å². The van der Waals surface area contributed by atoms with Crippen molar-refractivity contribution < 1.29 is 9.53 Å². The van der Waals surface area contributed by atoms with Gasteiger partial charge in [-0.1, -0.05) is 33.6 Å². The number of carbonyl (C=O) groups is 1. The predicted molar refractivity (Wildman–Crippen MR) is 75.7 cm³/mol. The Morgan fingerprint density at radius 2 is 2.00 bits per heavy atom. The van der Waals surface area contributed by atoms with Gasteiger partial charge in [-0.2, -0.15) is 0 Å². The molecule has 1 aliphatic carbocycles. The molecular formula is C15H28N2O2. The zero-order chi connectivity index (χ0) is 14.0. The summed E-state index contributed by atoms with van der Waals surface area (Å²) in [6.45, 7) is 8.03. The maximum Gasteiger partial charge on any atom is 0.244 e. The van der Waals surface area contributed by atoms with Crippen LogP contribution in [0.25, 0.3) is 0 Å². The normalized spacial score (nSPS) is 27.7. The van der Waals surface area contributed by atoms with E-state index in [1.54, 1.807) is 7.11 Å². The fraction of sp³-hybridized carbons (Fsp3) is 0.933. The van der Waals surface area contributed by atoms with Crippen molar-refractivity contribution in [2.45, 2.75) is 58.2 Å². The third-order valence-electron chi connectivity index (χ3n) is 4.48. The van der Waals surface area contributed by atoms with Crippen molar-refractivity contribution in [3.8, 4) is 0 Å². The highest BCUT2D eigenvalue weighted by molar-refractivity contribution is 5.89. The lowest BCUT2D eigenvalue weighted by molar-refractivity contribution is -0.134. The van der Waals surface area contributed by atoms with Crippen LogP contribution in [0, 0.1) is 11.8 Å². The van der Waals surface area contributed by atoms with E-state index in [0.717, 1.165) is 19.4 Å². The molecule has 1 aliphatic heterocycles. The first-order chi connectivity index (χ1) is 9.00. The molecule has 4 nitrogen and oxygen atoms in total. The molecule has 19 heavy (non-hydrogen) atoms. The lowest BCUT2D eigenvalue weighted by Crippen LogP contribution is -2.45. The highest BCUT2D eigenvalue weighted by Crippen LogP contribution is 2.38. The number of methoxy groups -OCH3 is 1. The highest BCUT2D eigenvalue weighted by Gasteiger charge is 2.52. The second-order valence-electron chi connectivity index (χ2n) is 6.64. The smallest absolute Gasteiger partial charge is 0.244 e. The standard InChI is InChI=1S/C15H28N2O2/c1-11(2)13-16-15(7-5-6-8-15)14(18)17(13)9-12(3)10-19-4/h11-13,16H,5-10H2,1-4H3. The second-order valence-corrected chi connectivity index (χ2v) is 6.64. The molecule has 1 N–H and O–H groups in total. The van der Waals surface area contributed by atoms with Crippen LogP contribution in [0.15, 0.2) is 0 Å². The minimum Gasteiger partial charge on any atom is -0.384 e. The van der Waals surface area contributed by atoms with Crippen molar-refractivity contribution in [3.63, 3.8) is 0 Å². The topological polar surface area (TPSA) is 41.6 Å². The molecule has 2 fully saturated rings. The van der Waals surface area contributed by atoms with Gasteiger partial charge in [-0.15, -0.1) is 0 Å². The monoisotopic (exact) mass is 268 g/mol. The third kappa shape index (κ3) is 2.79. The molecule has 1 spiro atoms. The Labute approximate surface area is 116 Å². The molecule has 2 aliphatic rings. The molecule has 2 unspecified atom stereocenters. The zero-order valence-electron chi connectivity index (χ0n) is 12.7. The summed E-state index contributed by atoms with van der Waals surface area (Å²) < 4.78 is 5.20. The Balaban J connectivity index is 2.11. The summed E-state index contributed by atoms with van der Waals surface area (Å²) in [4.78, 5) is 14.9. The third-order valence-corrected chi connectivity index (χ3v) is 4.48. The maximum atomic E-state index is 12.8. The highest BCUT2D eigenvalue weighted by atomic mass is 16.5. The number of nitrogens with zero attached hydrogens (tertiary/aromatic N) is 1. The molecule has 0 aromatic carbocycles. The van der Waals surface area contributed by atoms with Crippen molar-refractivity contribution in [3.05, 3.63) is 0 Å². The minimum absolute atomic E-state index is 0.185. The first-order valence-electron chi connectivity index (χ1n) is 7.58. The minimum atomic E-state index is -0.248. The van der Waals surface area contributed by atoms with Crippen LogP contribution in [-0.2, 0) is 9.53 Å². The number of hydrogen-bond acceptors (Lipinski definition) is 3. The van der Waals surface area contributed by atoms with E-state index in [0.29, 0.717) is 24.3 Å². The van der Waals surface area contributed by atoms with Gasteiger partial charge in [-0.05, 0) is 24.7 Å². The quantitative estimate of drug-likeness (QED) is 0.829. The van der Waals surface area contributed by atoms with Crippen LogP contribution in [-0.4, -0.2) is 42.8 Å². The van der Waals surface area contributed by atoms with E-state index in [4.69, 9.17) is 4.74 Å². The Morgan fingerprint density at radius 1 is 1.37 bits per heavy atom. The second kappa shape index (κ2) is 5.80. The van der Waals surface area contributed by atoms with Crippen molar-refractivity contribution in [2.75, 3.05) is 20.3 Å². The van der Waals surface area contributed by atoms with Crippen LogP contribution < -0.4 is 5.32 Å². The molecular weight excluding hydrogens is 240 g/mol. The van der Waals surface area contributed by atoms with E-state index in [1.807, 2.05) is 0 Å². The van der Waals surface area contributed by atoms with Crippen LogP contribution in [0.1, 0.15) is 46.5 Å². The van der Waals surface area contributed by atoms with Crippen LogP contribution >= 0.6 is 0 Å². The van der Waals surface area contributed by atoms with Crippen LogP contribution in [0.5, 0.6) is 0 Å². The van der Waals surface area contributed by atoms with E-state index in [-0.39, 0.29) is 11.7 Å². The summed E-state index contributed by atoms with van der Waals surface area (Å²) >= 11 is 0. The molecule has 2 atom stereocenters. The SMILES string of the molecule is COCC(C)CN1C(=O)C2(CCCC2)NC1C(C)C. The van der Waals surface area contributed by atoms with Gasteiger partial charge >= 0.3 is 0 Å². The molecule has 1 heterocycles. The summed E-state index contributed by atoms with van der Waals surface area (Å²) in [6, 6.07) is 0. The van der Waals surface area contributed by atoms with Crippen molar-refractivity contribution >= 4 is 5.91 Å². The van der Waals surface area contributed by atoms with Gasteiger partial charge in [-0.3, -0.25) is 10.1 Å². The van der Waals surface area contributed by atoms with Gasteiger partial charge in [-0.25, -0.2) is 0 Å². The number of carbonyl (C=O) groups excluding carboxylic acids is 1. The molecule has 110 valence electrons. The van der Waals surface area contributed by atoms with E-state index >= 15 is 0 Å². The lowest BCUT2D eigenvalue weighted by atomic mass is 9.97. The van der Waals surface area contributed by atoms with Gasteiger partial charge in [0.05, 0.1) is 18.3 Å². The Morgan fingerprint density at radius 3 is 2.53 bits per heavy atom. The zero-order valence-corrected chi connectivity index (χ0v) is 12.7. The van der Waals surface area contributed by atoms with E-state index in [9.17, 15) is 4.79 Å². The fourth-order valence-electron chi connectivity index (χ4n) is 3.56. The van der Waals surface area contributed by atoms with Gasteiger partial charge in [0.1, 0.15) is 0 Å². The molecule has 2 rings (SSSR count). The van der Waals surface area contributed by atoms with E-state index in [2.05, 4.69) is 31.0 Å². The first-order valence-corrected chi connectivity index (χ1v) is 7.58. The largest absolute Gasteiger partial charge is 0.384 e. The fourth-order valence-corrected chi connectivity index (χ4v) is 3.56. The molecule has 0 aromatic heterocycles. The number of nitrogens with one attached hydrogen (secondary N) is 1. The summed E-state index contributed by atoms with van der Waals surface area (Å²) in [5.74, 6) is 1.15. The van der Waals surface area contributed by atoms with Gasteiger partial charge in [0, 0.05) is 13.7 Å². The van der Waals surface area contributed by atoms with Crippen LogP contribution in [0.4, 0.5) is 0 Å². The summed E-state index contributed by atoms with van der Waals surface area (Å²) in [5, 5.41) is 3.65. The van der Waals surface area contributed by atoms with Gasteiger partial charge in [0.15, 0.2) is 0 Å². The number of ether oxygens (including phenoxy) is 1. The van der Waals surface area contributed by atoms with Crippen molar-refractivity contribution in [1.82, 2.24) is 10.2 Å². The molecule has 0 radical (unpaired) electrons. The van der Waals surface area contributed by atoms with Gasteiger partial charge < -0.3 is 9.64 Å². The number of hydrogen-bond donors (Lipinski definition) is 1. The van der Waals surface area contributed by atoms with Gasteiger partial charge in [0.2, 0.25) is 5.91 Å². The number of amides is 1. The first kappa shape index (κ1) is 14.8. The average Bonchev–Trinajstić information content (AvgIpc) is 2.91. The van der Waals surface area contributed by atoms with Gasteiger partial charge in [0.25, 0.3) is 0 Å². The molecule has 0 aromatic rings. The Hall–Kier alpha value is -0.610. The summed E-state index contributed by atoms with van der Waals surface area (Å²) in [6.07, 6.45) is 4.54. The predicted octanol–water partition coefficient (Wildman–Crippen LogP) is 2.00. The van der Waals surface area contributed by atoms with Crippen molar-refractivity contribution in [2.24, 2.45) is 11.8 Å². The Kier molecular flexibility index (Phi) is 4.51. The Bertz CT molecular complexity index is 324. The van der Waals surface area contributed by atoms with Crippen LogP contribution in [0.3, 0.4) is 0 Å².